The van der Waals surface area contributed by atoms with Crippen LogP contribution in [0.1, 0.15) is 45.4 Å². The summed E-state index contributed by atoms with van der Waals surface area (Å²) in [6.07, 6.45) is 8.87. The summed E-state index contributed by atoms with van der Waals surface area (Å²) >= 11 is 0. The molecule has 2 nitrogen and oxygen atoms in total. The Morgan fingerprint density at radius 3 is 2.20 bits per heavy atom. The van der Waals surface area contributed by atoms with Gasteiger partial charge in [0.2, 0.25) is 0 Å². The van der Waals surface area contributed by atoms with E-state index in [-0.39, 0.29) is 0 Å². The zero-order chi connectivity index (χ0) is 10.3. The lowest BCUT2D eigenvalue weighted by molar-refractivity contribution is 0.0772. The Kier molecular flexibility index (Phi) is 2.73. The molecule has 0 aromatic rings. The van der Waals surface area contributed by atoms with Gasteiger partial charge in [-0.05, 0) is 57.3 Å². The minimum absolute atomic E-state index is 0.491. The lowest BCUT2D eigenvalue weighted by atomic mass is 10.0. The fourth-order valence-corrected chi connectivity index (χ4v) is 2.98. The van der Waals surface area contributed by atoms with E-state index in [4.69, 9.17) is 4.74 Å². The highest BCUT2D eigenvalue weighted by molar-refractivity contribution is 4.98. The molecule has 2 saturated carbocycles. The van der Waals surface area contributed by atoms with Gasteiger partial charge in [0, 0.05) is 18.7 Å². The molecule has 15 heavy (non-hydrogen) atoms. The number of ether oxygens (including phenoxy) is 1. The second-order valence-electron chi connectivity index (χ2n) is 5.71. The van der Waals surface area contributed by atoms with Crippen molar-refractivity contribution in [3.05, 3.63) is 0 Å². The highest BCUT2D eigenvalue weighted by atomic mass is 16.5. The van der Waals surface area contributed by atoms with Crippen molar-refractivity contribution in [1.29, 1.82) is 0 Å². The average Bonchev–Trinajstić information content (AvgIpc) is 3.15. The highest BCUT2D eigenvalue weighted by Gasteiger charge is 2.42. The van der Waals surface area contributed by atoms with Crippen LogP contribution in [0, 0.1) is 11.8 Å². The summed E-state index contributed by atoms with van der Waals surface area (Å²) in [5.41, 5.74) is 0. The quantitative estimate of drug-likeness (QED) is 0.750. The van der Waals surface area contributed by atoms with E-state index in [2.05, 4.69) is 12.2 Å². The first-order valence-corrected chi connectivity index (χ1v) is 6.72. The second kappa shape index (κ2) is 4.06. The van der Waals surface area contributed by atoms with Gasteiger partial charge in [-0.15, -0.1) is 0 Å². The van der Waals surface area contributed by atoms with Gasteiger partial charge in [-0.25, -0.2) is 0 Å². The van der Waals surface area contributed by atoms with Crippen LogP contribution in [0.15, 0.2) is 0 Å². The molecule has 1 saturated heterocycles. The summed E-state index contributed by atoms with van der Waals surface area (Å²) < 4.78 is 5.75. The maximum Gasteiger partial charge on any atom is 0.0726 e. The fourth-order valence-electron chi connectivity index (χ4n) is 2.98. The first kappa shape index (κ1) is 10.1. The Labute approximate surface area is 92.8 Å². The Hall–Kier alpha value is -0.0800. The van der Waals surface area contributed by atoms with Crippen molar-refractivity contribution in [2.24, 2.45) is 11.8 Å². The molecule has 1 aliphatic heterocycles. The lowest BCUT2D eigenvalue weighted by Gasteiger charge is -2.26. The third-order valence-corrected chi connectivity index (χ3v) is 4.24. The van der Waals surface area contributed by atoms with Crippen molar-refractivity contribution >= 4 is 0 Å². The van der Waals surface area contributed by atoms with Crippen LogP contribution in [0.2, 0.25) is 0 Å². The van der Waals surface area contributed by atoms with Crippen LogP contribution in [-0.2, 0) is 4.74 Å². The molecule has 2 heteroatoms. The maximum atomic E-state index is 5.75. The third kappa shape index (κ3) is 2.36. The van der Waals surface area contributed by atoms with Gasteiger partial charge < -0.3 is 10.1 Å². The molecule has 2 unspecified atom stereocenters. The molecule has 0 radical (unpaired) electrons. The first-order valence-electron chi connectivity index (χ1n) is 6.72. The second-order valence-corrected chi connectivity index (χ2v) is 5.71. The van der Waals surface area contributed by atoms with Crippen LogP contribution in [0.25, 0.3) is 0 Å². The molecular weight excluding hydrogens is 186 g/mol. The van der Waals surface area contributed by atoms with Crippen LogP contribution in [-0.4, -0.2) is 24.8 Å². The molecule has 0 amide bonds. The minimum atomic E-state index is 0.491. The Bertz CT molecular complexity index is 205. The summed E-state index contributed by atoms with van der Waals surface area (Å²) in [7, 11) is 0. The summed E-state index contributed by atoms with van der Waals surface area (Å²) in [5.74, 6) is 2.00. The molecule has 3 rings (SSSR count). The van der Waals surface area contributed by atoms with Crippen molar-refractivity contribution < 1.29 is 4.74 Å². The van der Waals surface area contributed by atoms with Crippen LogP contribution in [0.4, 0.5) is 0 Å². The Morgan fingerprint density at radius 2 is 1.73 bits per heavy atom. The van der Waals surface area contributed by atoms with Gasteiger partial charge in [-0.1, -0.05) is 0 Å². The van der Waals surface area contributed by atoms with E-state index in [1.165, 1.54) is 38.5 Å². The Balaban J connectivity index is 1.52. The lowest BCUT2D eigenvalue weighted by Crippen LogP contribution is -2.45. The van der Waals surface area contributed by atoms with E-state index >= 15 is 0 Å². The summed E-state index contributed by atoms with van der Waals surface area (Å²) in [6.45, 7) is 3.29. The van der Waals surface area contributed by atoms with Crippen molar-refractivity contribution in [2.45, 2.75) is 63.6 Å². The number of rotatable bonds is 5. The summed E-state index contributed by atoms with van der Waals surface area (Å²) in [5, 5.41) is 3.86. The average molecular weight is 209 g/mol. The van der Waals surface area contributed by atoms with Gasteiger partial charge >= 0.3 is 0 Å². The molecule has 0 aromatic carbocycles. The number of hydrogen-bond acceptors (Lipinski definition) is 2. The van der Waals surface area contributed by atoms with Crippen molar-refractivity contribution in [1.82, 2.24) is 5.32 Å². The summed E-state index contributed by atoms with van der Waals surface area (Å²) in [6, 6.07) is 1.39. The van der Waals surface area contributed by atoms with Crippen LogP contribution in [0.3, 0.4) is 0 Å². The highest BCUT2D eigenvalue weighted by Crippen LogP contribution is 2.44. The first-order chi connectivity index (χ1) is 7.34. The zero-order valence-corrected chi connectivity index (χ0v) is 9.74. The molecule has 86 valence electrons. The van der Waals surface area contributed by atoms with E-state index in [1.807, 2.05) is 0 Å². The summed E-state index contributed by atoms with van der Waals surface area (Å²) in [4.78, 5) is 0. The van der Waals surface area contributed by atoms with E-state index in [9.17, 15) is 0 Å². The monoisotopic (exact) mass is 209 g/mol. The van der Waals surface area contributed by atoms with Gasteiger partial charge in [-0.2, -0.15) is 0 Å². The van der Waals surface area contributed by atoms with Crippen LogP contribution in [0.5, 0.6) is 0 Å². The molecule has 0 bridgehead atoms. The van der Waals surface area contributed by atoms with Gasteiger partial charge in [0.25, 0.3) is 0 Å². The number of hydrogen-bond donors (Lipinski definition) is 1. The number of nitrogens with one attached hydrogen (secondary N) is 1. The molecule has 2 atom stereocenters. The molecule has 3 aliphatic rings. The van der Waals surface area contributed by atoms with Gasteiger partial charge in [-0.3, -0.25) is 0 Å². The molecule has 0 aromatic heterocycles. The van der Waals surface area contributed by atoms with Crippen LogP contribution >= 0.6 is 0 Å². The van der Waals surface area contributed by atoms with E-state index in [0.717, 1.165) is 24.5 Å². The largest absolute Gasteiger partial charge is 0.377 e. The smallest absolute Gasteiger partial charge is 0.0726 e. The maximum absolute atomic E-state index is 5.75. The standard InChI is InChI=1S/C13H23NO/c1-9(12-3-2-8-15-12)14-13(10-4-5-10)11-6-7-11/h9-14H,2-8H2,1H3. The van der Waals surface area contributed by atoms with E-state index in [1.54, 1.807) is 0 Å². The van der Waals surface area contributed by atoms with E-state index in [0.29, 0.717) is 12.1 Å². The van der Waals surface area contributed by atoms with Crippen molar-refractivity contribution in [2.75, 3.05) is 6.61 Å². The molecule has 1 heterocycles. The minimum Gasteiger partial charge on any atom is -0.377 e. The van der Waals surface area contributed by atoms with E-state index < -0.39 is 0 Å². The van der Waals surface area contributed by atoms with Gasteiger partial charge in [0.1, 0.15) is 0 Å². The van der Waals surface area contributed by atoms with Gasteiger partial charge in [0.05, 0.1) is 6.10 Å². The predicted octanol–water partition coefficient (Wildman–Crippen LogP) is 2.33. The molecule has 0 spiro atoms. The van der Waals surface area contributed by atoms with Crippen LogP contribution < -0.4 is 5.32 Å². The topological polar surface area (TPSA) is 21.3 Å². The molecule has 1 N–H and O–H groups in total. The molecular formula is C13H23NO. The van der Waals surface area contributed by atoms with Crippen molar-refractivity contribution in [3.8, 4) is 0 Å². The normalized spacial score (nSPS) is 33.6. The fraction of sp³-hybridized carbons (Fsp3) is 1.00. The zero-order valence-electron chi connectivity index (χ0n) is 9.74. The van der Waals surface area contributed by atoms with Gasteiger partial charge in [0.15, 0.2) is 0 Å². The van der Waals surface area contributed by atoms with Crippen molar-refractivity contribution in [3.63, 3.8) is 0 Å². The SMILES string of the molecule is CC(NC(C1CC1)C1CC1)C1CCCO1. The molecule has 3 fully saturated rings. The third-order valence-electron chi connectivity index (χ3n) is 4.24. The predicted molar refractivity (Wildman–Crippen MR) is 60.8 cm³/mol. The Morgan fingerprint density at radius 1 is 1.07 bits per heavy atom. The molecule has 2 aliphatic carbocycles.